The summed E-state index contributed by atoms with van der Waals surface area (Å²) in [5.74, 6) is 1.07. The SMILES string of the molecule is CCOc1c(OC)ccc2c1CC(CC#N)NC2=O. The molecule has 1 N–H and O–H groups in total. The molecule has 0 radical (unpaired) electrons. The summed E-state index contributed by atoms with van der Waals surface area (Å²) >= 11 is 0. The Morgan fingerprint density at radius 3 is 2.95 bits per heavy atom. The lowest BCUT2D eigenvalue weighted by Gasteiger charge is -2.26. The van der Waals surface area contributed by atoms with Crippen LogP contribution in [-0.4, -0.2) is 25.7 Å². The third kappa shape index (κ3) is 2.48. The molecule has 0 aliphatic carbocycles. The molecule has 0 aromatic heterocycles. The van der Waals surface area contributed by atoms with Crippen molar-refractivity contribution in [2.24, 2.45) is 0 Å². The molecule has 1 amide bonds. The molecule has 1 heterocycles. The second kappa shape index (κ2) is 5.61. The number of carbonyl (C=O) groups is 1. The first-order chi connectivity index (χ1) is 9.21. The molecule has 5 heteroatoms. The molecule has 1 aromatic rings. The van der Waals surface area contributed by atoms with Crippen molar-refractivity contribution in [1.29, 1.82) is 5.26 Å². The van der Waals surface area contributed by atoms with Gasteiger partial charge in [-0.3, -0.25) is 4.79 Å². The minimum atomic E-state index is -0.170. The zero-order valence-corrected chi connectivity index (χ0v) is 11.0. The van der Waals surface area contributed by atoms with Gasteiger partial charge in [-0.05, 0) is 25.5 Å². The molecule has 1 atom stereocenters. The number of nitrogens with zero attached hydrogens (tertiary/aromatic N) is 1. The highest BCUT2D eigenvalue weighted by Crippen LogP contribution is 2.36. The molecule has 0 spiro atoms. The highest BCUT2D eigenvalue weighted by molar-refractivity contribution is 5.98. The van der Waals surface area contributed by atoms with Crippen molar-refractivity contribution in [3.63, 3.8) is 0 Å². The van der Waals surface area contributed by atoms with Crippen LogP contribution in [0.4, 0.5) is 0 Å². The van der Waals surface area contributed by atoms with Gasteiger partial charge in [-0.1, -0.05) is 0 Å². The van der Waals surface area contributed by atoms with Gasteiger partial charge in [0.1, 0.15) is 0 Å². The maximum atomic E-state index is 12.0. The number of rotatable bonds is 4. The van der Waals surface area contributed by atoms with E-state index in [-0.39, 0.29) is 18.4 Å². The summed E-state index contributed by atoms with van der Waals surface area (Å²) in [4.78, 5) is 12.0. The third-order valence-electron chi connectivity index (χ3n) is 3.10. The maximum absolute atomic E-state index is 12.0. The minimum Gasteiger partial charge on any atom is -0.493 e. The molecule has 0 saturated heterocycles. The molecule has 1 unspecified atom stereocenters. The van der Waals surface area contributed by atoms with E-state index in [2.05, 4.69) is 11.4 Å². The van der Waals surface area contributed by atoms with E-state index in [9.17, 15) is 4.79 Å². The van der Waals surface area contributed by atoms with Gasteiger partial charge in [0.15, 0.2) is 11.5 Å². The first kappa shape index (κ1) is 13.2. The predicted molar refractivity (Wildman–Crippen MR) is 69.4 cm³/mol. The van der Waals surface area contributed by atoms with Crippen LogP contribution >= 0.6 is 0 Å². The Kier molecular flexibility index (Phi) is 3.91. The van der Waals surface area contributed by atoms with Crippen molar-refractivity contribution in [2.75, 3.05) is 13.7 Å². The van der Waals surface area contributed by atoms with Crippen molar-refractivity contribution in [3.05, 3.63) is 23.3 Å². The summed E-state index contributed by atoms with van der Waals surface area (Å²) in [6.07, 6.45) is 0.870. The van der Waals surface area contributed by atoms with Crippen molar-refractivity contribution in [1.82, 2.24) is 5.32 Å². The van der Waals surface area contributed by atoms with E-state index in [1.54, 1.807) is 19.2 Å². The molecule has 2 rings (SSSR count). The van der Waals surface area contributed by atoms with Crippen molar-refractivity contribution in [3.8, 4) is 17.6 Å². The van der Waals surface area contributed by atoms with Crippen LogP contribution in [0.5, 0.6) is 11.5 Å². The normalized spacial score (nSPS) is 17.1. The van der Waals surface area contributed by atoms with E-state index in [4.69, 9.17) is 14.7 Å². The molecule has 1 aliphatic heterocycles. The van der Waals surface area contributed by atoms with Gasteiger partial charge >= 0.3 is 0 Å². The number of hydrogen-bond donors (Lipinski definition) is 1. The van der Waals surface area contributed by atoms with Gasteiger partial charge in [0.25, 0.3) is 5.91 Å². The van der Waals surface area contributed by atoms with Gasteiger partial charge in [-0.25, -0.2) is 0 Å². The molecule has 0 fully saturated rings. The van der Waals surface area contributed by atoms with Crippen LogP contribution in [0.2, 0.25) is 0 Å². The lowest BCUT2D eigenvalue weighted by Crippen LogP contribution is -2.41. The second-order valence-corrected chi connectivity index (χ2v) is 4.29. The smallest absolute Gasteiger partial charge is 0.251 e. The average molecular weight is 260 g/mol. The minimum absolute atomic E-state index is 0.162. The van der Waals surface area contributed by atoms with Gasteiger partial charge in [0.2, 0.25) is 0 Å². The van der Waals surface area contributed by atoms with Crippen molar-refractivity contribution >= 4 is 5.91 Å². The standard InChI is InChI=1S/C14H16N2O3/c1-3-19-13-11-8-9(6-7-15)16-14(17)10(11)4-5-12(13)18-2/h4-5,9H,3,6,8H2,1-2H3,(H,16,17). The fourth-order valence-electron chi connectivity index (χ4n) is 2.28. The van der Waals surface area contributed by atoms with Crippen LogP contribution in [0, 0.1) is 11.3 Å². The number of hydrogen-bond acceptors (Lipinski definition) is 4. The Morgan fingerprint density at radius 1 is 1.53 bits per heavy atom. The van der Waals surface area contributed by atoms with E-state index in [0.29, 0.717) is 30.1 Å². The Morgan fingerprint density at radius 2 is 2.32 bits per heavy atom. The molecule has 100 valence electrons. The molecule has 0 saturated carbocycles. The summed E-state index contributed by atoms with van der Waals surface area (Å²) in [6.45, 7) is 2.38. The van der Waals surface area contributed by atoms with E-state index in [0.717, 1.165) is 5.56 Å². The number of nitriles is 1. The Bertz CT molecular complexity index is 534. The van der Waals surface area contributed by atoms with E-state index < -0.39 is 0 Å². The van der Waals surface area contributed by atoms with Crippen LogP contribution < -0.4 is 14.8 Å². The second-order valence-electron chi connectivity index (χ2n) is 4.29. The van der Waals surface area contributed by atoms with Crippen LogP contribution in [-0.2, 0) is 6.42 Å². The largest absolute Gasteiger partial charge is 0.493 e. The van der Waals surface area contributed by atoms with E-state index >= 15 is 0 Å². The summed E-state index contributed by atoms with van der Waals surface area (Å²) in [5.41, 5.74) is 1.42. The molecular weight excluding hydrogens is 244 g/mol. The number of benzene rings is 1. The summed E-state index contributed by atoms with van der Waals surface area (Å²) < 4.78 is 10.9. The predicted octanol–water partition coefficient (Wildman–Crippen LogP) is 1.66. The topological polar surface area (TPSA) is 71.3 Å². The number of fused-ring (bicyclic) bond motifs is 1. The van der Waals surface area contributed by atoms with Gasteiger partial charge in [-0.2, -0.15) is 5.26 Å². The van der Waals surface area contributed by atoms with Gasteiger partial charge < -0.3 is 14.8 Å². The molecule has 5 nitrogen and oxygen atoms in total. The highest BCUT2D eigenvalue weighted by Gasteiger charge is 2.28. The number of carbonyl (C=O) groups excluding carboxylic acids is 1. The lowest BCUT2D eigenvalue weighted by molar-refractivity contribution is 0.0924. The zero-order valence-electron chi connectivity index (χ0n) is 11.0. The van der Waals surface area contributed by atoms with Crippen molar-refractivity contribution in [2.45, 2.75) is 25.8 Å². The molecular formula is C14H16N2O3. The zero-order chi connectivity index (χ0) is 13.8. The summed E-state index contributed by atoms with van der Waals surface area (Å²) in [6, 6.07) is 5.37. The van der Waals surface area contributed by atoms with E-state index in [1.807, 2.05) is 6.92 Å². The number of nitrogens with one attached hydrogen (secondary N) is 1. The lowest BCUT2D eigenvalue weighted by atomic mass is 9.92. The van der Waals surface area contributed by atoms with Crippen LogP contribution in [0.15, 0.2) is 12.1 Å². The average Bonchev–Trinajstić information content (AvgIpc) is 2.40. The number of amides is 1. The van der Waals surface area contributed by atoms with Crippen molar-refractivity contribution < 1.29 is 14.3 Å². The first-order valence-electron chi connectivity index (χ1n) is 6.21. The van der Waals surface area contributed by atoms with Crippen LogP contribution in [0.3, 0.4) is 0 Å². The van der Waals surface area contributed by atoms with E-state index in [1.165, 1.54) is 0 Å². The van der Waals surface area contributed by atoms with Gasteiger partial charge in [0, 0.05) is 17.2 Å². The number of methoxy groups -OCH3 is 1. The van der Waals surface area contributed by atoms with Gasteiger partial charge in [-0.15, -0.1) is 0 Å². The Balaban J connectivity index is 2.47. The quantitative estimate of drug-likeness (QED) is 0.893. The Labute approximate surface area is 112 Å². The monoisotopic (exact) mass is 260 g/mol. The van der Waals surface area contributed by atoms with Crippen LogP contribution in [0.1, 0.15) is 29.3 Å². The first-order valence-corrected chi connectivity index (χ1v) is 6.21. The molecule has 19 heavy (non-hydrogen) atoms. The number of ether oxygens (including phenoxy) is 2. The maximum Gasteiger partial charge on any atom is 0.251 e. The highest BCUT2D eigenvalue weighted by atomic mass is 16.5. The molecule has 0 bridgehead atoms. The molecule has 1 aliphatic rings. The summed E-state index contributed by atoms with van der Waals surface area (Å²) in [7, 11) is 1.57. The fraction of sp³-hybridized carbons (Fsp3) is 0.429. The Hall–Kier alpha value is -2.22. The fourth-order valence-corrected chi connectivity index (χ4v) is 2.28. The molecule has 1 aromatic carbocycles. The van der Waals surface area contributed by atoms with Crippen LogP contribution in [0.25, 0.3) is 0 Å². The van der Waals surface area contributed by atoms with Gasteiger partial charge in [0.05, 0.1) is 26.2 Å². The third-order valence-corrected chi connectivity index (χ3v) is 3.10. The summed E-state index contributed by atoms with van der Waals surface area (Å²) in [5, 5.41) is 11.6.